The zero-order valence-electron chi connectivity index (χ0n) is 13.8. The summed E-state index contributed by atoms with van der Waals surface area (Å²) in [5.74, 6) is 1.10. The molecule has 0 aliphatic carbocycles. The quantitative estimate of drug-likeness (QED) is 0.787. The molecule has 130 valence electrons. The van der Waals surface area contributed by atoms with Gasteiger partial charge in [0.2, 0.25) is 10.0 Å². The van der Waals surface area contributed by atoms with Crippen LogP contribution < -0.4 is 0 Å². The van der Waals surface area contributed by atoms with Gasteiger partial charge in [0, 0.05) is 13.2 Å². The van der Waals surface area contributed by atoms with Crippen molar-refractivity contribution in [1.29, 1.82) is 0 Å². The van der Waals surface area contributed by atoms with Gasteiger partial charge in [-0.15, -0.1) is 0 Å². The number of furan rings is 1. The molecule has 0 bridgehead atoms. The van der Waals surface area contributed by atoms with E-state index in [-0.39, 0.29) is 23.9 Å². The summed E-state index contributed by atoms with van der Waals surface area (Å²) in [6, 6.07) is 3.85. The van der Waals surface area contributed by atoms with E-state index in [1.807, 2.05) is 26.1 Å². The highest BCUT2D eigenvalue weighted by Crippen LogP contribution is 2.34. The lowest BCUT2D eigenvalue weighted by Crippen LogP contribution is -2.46. The number of nitrogens with zero attached hydrogens (tertiary/aromatic N) is 2. The summed E-state index contributed by atoms with van der Waals surface area (Å²) in [5, 5.41) is 0. The van der Waals surface area contributed by atoms with E-state index >= 15 is 0 Å². The van der Waals surface area contributed by atoms with E-state index in [2.05, 4.69) is 4.90 Å². The molecule has 0 unspecified atom stereocenters. The van der Waals surface area contributed by atoms with Crippen LogP contribution in [0.4, 0.5) is 0 Å². The lowest BCUT2D eigenvalue weighted by Gasteiger charge is -2.34. The molecule has 3 rings (SSSR count). The molecule has 23 heavy (non-hydrogen) atoms. The largest absolute Gasteiger partial charge is 0.468 e. The average molecular weight is 342 g/mol. The normalized spacial score (nSPS) is 29.1. The van der Waals surface area contributed by atoms with Crippen LogP contribution in [-0.4, -0.2) is 61.8 Å². The molecule has 2 aliphatic rings. The summed E-state index contributed by atoms with van der Waals surface area (Å²) in [4.78, 5) is 2.16. The second-order valence-corrected chi connectivity index (χ2v) is 8.53. The van der Waals surface area contributed by atoms with Crippen LogP contribution in [0.3, 0.4) is 0 Å². The molecular formula is C16H26N2O4S. The Morgan fingerprint density at radius 2 is 2.26 bits per heavy atom. The molecule has 0 radical (unpaired) electrons. The van der Waals surface area contributed by atoms with Crippen molar-refractivity contribution in [1.82, 2.24) is 9.21 Å². The molecule has 7 heteroatoms. The fourth-order valence-corrected chi connectivity index (χ4v) is 5.51. The highest BCUT2D eigenvalue weighted by Gasteiger charge is 2.49. The fraction of sp³-hybridized carbons (Fsp3) is 0.750. The highest BCUT2D eigenvalue weighted by atomic mass is 32.2. The van der Waals surface area contributed by atoms with Gasteiger partial charge in [0.05, 0.1) is 36.7 Å². The average Bonchev–Trinajstić information content (AvgIpc) is 3.14. The Balaban J connectivity index is 1.78. The van der Waals surface area contributed by atoms with Crippen molar-refractivity contribution >= 4 is 10.0 Å². The molecule has 0 spiro atoms. The van der Waals surface area contributed by atoms with Crippen LogP contribution in [0.2, 0.25) is 0 Å². The number of fused-ring (bicyclic) bond motifs is 1. The molecule has 2 aliphatic heterocycles. The first-order chi connectivity index (χ1) is 11.0. The predicted octanol–water partition coefficient (Wildman–Crippen LogP) is 1.68. The molecule has 2 fully saturated rings. The maximum atomic E-state index is 12.6. The minimum atomic E-state index is -3.21. The monoisotopic (exact) mass is 342 g/mol. The van der Waals surface area contributed by atoms with Gasteiger partial charge in [0.1, 0.15) is 5.76 Å². The molecule has 0 N–H and O–H groups in total. The maximum Gasteiger partial charge on any atom is 0.214 e. The molecule has 3 heterocycles. The molecule has 2 saturated heterocycles. The van der Waals surface area contributed by atoms with Crippen molar-refractivity contribution in [3.05, 3.63) is 24.2 Å². The van der Waals surface area contributed by atoms with E-state index in [1.54, 1.807) is 10.6 Å². The Bertz CT molecular complexity index is 602. The van der Waals surface area contributed by atoms with Gasteiger partial charge in [-0.2, -0.15) is 4.31 Å². The fourth-order valence-electron chi connectivity index (χ4n) is 3.74. The molecule has 3 atom stereocenters. The van der Waals surface area contributed by atoms with Gasteiger partial charge in [0.15, 0.2) is 0 Å². The number of hydrogen-bond donors (Lipinski definition) is 0. The van der Waals surface area contributed by atoms with E-state index in [0.29, 0.717) is 26.1 Å². The van der Waals surface area contributed by atoms with Gasteiger partial charge in [-0.1, -0.05) is 6.92 Å². The minimum Gasteiger partial charge on any atom is -0.468 e. The van der Waals surface area contributed by atoms with Crippen LogP contribution in [0, 0.1) is 0 Å². The van der Waals surface area contributed by atoms with Gasteiger partial charge in [0.25, 0.3) is 0 Å². The first-order valence-electron chi connectivity index (χ1n) is 8.36. The smallest absolute Gasteiger partial charge is 0.214 e. The number of ether oxygens (including phenoxy) is 1. The number of hydrogen-bond acceptors (Lipinski definition) is 5. The minimum absolute atomic E-state index is 0.0237. The Kier molecular flexibility index (Phi) is 5.10. The first kappa shape index (κ1) is 17.0. The van der Waals surface area contributed by atoms with Crippen molar-refractivity contribution in [3.8, 4) is 0 Å². The van der Waals surface area contributed by atoms with Crippen molar-refractivity contribution in [2.45, 2.75) is 50.9 Å². The van der Waals surface area contributed by atoms with E-state index in [9.17, 15) is 8.42 Å². The van der Waals surface area contributed by atoms with Gasteiger partial charge in [-0.3, -0.25) is 4.90 Å². The van der Waals surface area contributed by atoms with E-state index in [4.69, 9.17) is 9.15 Å². The van der Waals surface area contributed by atoms with Crippen molar-refractivity contribution < 1.29 is 17.6 Å². The first-order valence-corrected chi connectivity index (χ1v) is 9.97. The van der Waals surface area contributed by atoms with Crippen molar-refractivity contribution in [3.63, 3.8) is 0 Å². The zero-order valence-corrected chi connectivity index (χ0v) is 14.7. The Morgan fingerprint density at radius 3 is 2.96 bits per heavy atom. The third kappa shape index (κ3) is 3.47. The number of likely N-dealkylation sites (N-methyl/N-ethyl adjacent to an activating group) is 1. The van der Waals surface area contributed by atoms with Gasteiger partial charge < -0.3 is 9.15 Å². The van der Waals surface area contributed by atoms with Crippen molar-refractivity contribution in [2.75, 3.05) is 26.0 Å². The Hall–Kier alpha value is -0.890. The van der Waals surface area contributed by atoms with E-state index in [1.165, 1.54) is 0 Å². The molecule has 0 saturated carbocycles. The molecule has 1 aromatic rings. The third-order valence-electron chi connectivity index (χ3n) is 4.82. The lowest BCUT2D eigenvalue weighted by atomic mass is 10.0. The maximum absolute atomic E-state index is 12.6. The summed E-state index contributed by atoms with van der Waals surface area (Å²) in [5.41, 5.74) is 0. The van der Waals surface area contributed by atoms with Crippen LogP contribution in [0.15, 0.2) is 22.8 Å². The van der Waals surface area contributed by atoms with Crippen LogP contribution in [0.25, 0.3) is 0 Å². The summed E-state index contributed by atoms with van der Waals surface area (Å²) < 4.78 is 38.3. The summed E-state index contributed by atoms with van der Waals surface area (Å²) in [6.45, 7) is 3.79. The summed E-state index contributed by atoms with van der Waals surface area (Å²) in [6.07, 6.45) is 4.07. The second-order valence-electron chi connectivity index (χ2n) is 6.49. The standard InChI is InChI=1S/C16H26N2O4S/c1-3-10-23(19,20)18-12-15(16-14(18)7-5-9-22-16)17(2)11-13-6-4-8-21-13/h4,6,8,14-16H,3,5,7,9-12H2,1-2H3/t14-,15-,16+/m0/s1. The molecule has 1 aromatic heterocycles. The van der Waals surface area contributed by atoms with E-state index < -0.39 is 10.0 Å². The SMILES string of the molecule is CCCS(=O)(=O)N1C[C@H](N(C)Cc2ccco2)[C@@H]2OCCC[C@@H]21. The zero-order chi connectivity index (χ0) is 16.4. The Labute approximate surface area is 138 Å². The summed E-state index contributed by atoms with van der Waals surface area (Å²) in [7, 11) is -1.19. The van der Waals surface area contributed by atoms with Gasteiger partial charge >= 0.3 is 0 Å². The van der Waals surface area contributed by atoms with Crippen LogP contribution >= 0.6 is 0 Å². The van der Waals surface area contributed by atoms with Crippen LogP contribution in [0.1, 0.15) is 31.9 Å². The molecular weight excluding hydrogens is 316 g/mol. The topological polar surface area (TPSA) is 63.0 Å². The van der Waals surface area contributed by atoms with Crippen LogP contribution in [0.5, 0.6) is 0 Å². The van der Waals surface area contributed by atoms with Gasteiger partial charge in [-0.05, 0) is 38.4 Å². The molecule has 0 aromatic carbocycles. The second kappa shape index (κ2) is 6.93. The van der Waals surface area contributed by atoms with E-state index in [0.717, 1.165) is 18.6 Å². The van der Waals surface area contributed by atoms with Crippen LogP contribution in [-0.2, 0) is 21.3 Å². The third-order valence-corrected chi connectivity index (χ3v) is 6.88. The van der Waals surface area contributed by atoms with Gasteiger partial charge in [-0.25, -0.2) is 8.42 Å². The lowest BCUT2D eigenvalue weighted by molar-refractivity contribution is -0.0325. The molecule has 6 nitrogen and oxygen atoms in total. The van der Waals surface area contributed by atoms with Crippen molar-refractivity contribution in [2.24, 2.45) is 0 Å². The number of rotatable bonds is 6. The molecule has 0 amide bonds. The summed E-state index contributed by atoms with van der Waals surface area (Å²) >= 11 is 0. The number of sulfonamides is 1. The Morgan fingerprint density at radius 1 is 1.43 bits per heavy atom. The predicted molar refractivity (Wildman–Crippen MR) is 87.5 cm³/mol. The highest BCUT2D eigenvalue weighted by molar-refractivity contribution is 7.89.